The van der Waals surface area contributed by atoms with Crippen LogP contribution in [-0.4, -0.2) is 64.5 Å². The normalized spacial score (nSPS) is 13.8. The third-order valence-corrected chi connectivity index (χ3v) is 7.12. The zero-order valence-electron chi connectivity index (χ0n) is 21.4. The lowest BCUT2D eigenvalue weighted by atomic mass is 9.95. The summed E-state index contributed by atoms with van der Waals surface area (Å²) in [4.78, 5) is 26.7. The molecule has 0 unspecified atom stereocenters. The molecule has 0 bridgehead atoms. The number of benzene rings is 2. The van der Waals surface area contributed by atoms with Crippen LogP contribution in [0.15, 0.2) is 48.7 Å². The predicted molar refractivity (Wildman–Crippen MR) is 146 cm³/mol. The van der Waals surface area contributed by atoms with Crippen molar-refractivity contribution in [2.45, 2.75) is 26.1 Å². The molecule has 8 nitrogen and oxygen atoms in total. The quantitative estimate of drug-likeness (QED) is 0.379. The molecule has 37 heavy (non-hydrogen) atoms. The monoisotopic (exact) mass is 518 g/mol. The molecule has 2 aromatic carbocycles. The van der Waals surface area contributed by atoms with E-state index in [1.807, 2.05) is 48.7 Å². The lowest BCUT2D eigenvalue weighted by molar-refractivity contribution is 0.0998. The minimum absolute atomic E-state index is 0.417. The highest BCUT2D eigenvalue weighted by atomic mass is 35.5. The maximum absolute atomic E-state index is 12.5. The zero-order chi connectivity index (χ0) is 26.1. The molecule has 0 fully saturated rings. The first-order valence-corrected chi connectivity index (χ1v) is 12.7. The van der Waals surface area contributed by atoms with Crippen molar-refractivity contribution >= 4 is 28.4 Å². The van der Waals surface area contributed by atoms with Gasteiger partial charge in [0.25, 0.3) is 0 Å². The number of nitrogens with two attached hydrogens (primary N) is 1. The number of primary amides is 1. The van der Waals surface area contributed by atoms with Crippen molar-refractivity contribution in [3.05, 3.63) is 76.3 Å². The third-order valence-electron chi connectivity index (χ3n) is 6.88. The summed E-state index contributed by atoms with van der Waals surface area (Å²) < 4.78 is 7.87. The molecular weight excluding hydrogens is 488 g/mol. The van der Waals surface area contributed by atoms with Gasteiger partial charge < -0.3 is 19.9 Å². The van der Waals surface area contributed by atoms with Gasteiger partial charge in [0, 0.05) is 59.8 Å². The average Bonchev–Trinajstić information content (AvgIpc) is 3.27. The Labute approximate surface area is 221 Å². The Morgan fingerprint density at radius 1 is 1.22 bits per heavy atom. The number of fused-ring (bicyclic) bond motifs is 2. The van der Waals surface area contributed by atoms with Crippen LogP contribution < -0.4 is 10.5 Å². The number of nitrogens with zero attached hydrogens (tertiary/aromatic N) is 5. The SMILES string of the molecule is COc1ccc(Cl)cc1-c1cnc(CN2CCc3nc4ccccc4c(C(N)=O)c3C2)n1CCN(C)C. The maximum atomic E-state index is 12.5. The van der Waals surface area contributed by atoms with Gasteiger partial charge in [-0.25, -0.2) is 4.98 Å². The molecule has 0 aliphatic carbocycles. The number of amides is 1. The van der Waals surface area contributed by atoms with Crippen LogP contribution in [-0.2, 0) is 26.1 Å². The Hall–Kier alpha value is -3.46. The van der Waals surface area contributed by atoms with Gasteiger partial charge in [-0.1, -0.05) is 29.8 Å². The van der Waals surface area contributed by atoms with E-state index in [0.717, 1.165) is 71.0 Å². The van der Waals surface area contributed by atoms with Gasteiger partial charge in [-0.15, -0.1) is 0 Å². The number of methoxy groups -OCH3 is 1. The second-order valence-electron chi connectivity index (χ2n) is 9.61. The van der Waals surface area contributed by atoms with E-state index < -0.39 is 5.91 Å². The smallest absolute Gasteiger partial charge is 0.249 e. The fourth-order valence-corrected chi connectivity index (χ4v) is 5.22. The molecule has 5 rings (SSSR count). The largest absolute Gasteiger partial charge is 0.496 e. The summed E-state index contributed by atoms with van der Waals surface area (Å²) in [6.07, 6.45) is 2.63. The number of hydrogen-bond acceptors (Lipinski definition) is 6. The van der Waals surface area contributed by atoms with Gasteiger partial charge in [0.1, 0.15) is 11.6 Å². The molecule has 192 valence electrons. The van der Waals surface area contributed by atoms with Crippen LogP contribution >= 0.6 is 11.6 Å². The summed E-state index contributed by atoms with van der Waals surface area (Å²) in [5.41, 5.74) is 11.0. The van der Waals surface area contributed by atoms with Gasteiger partial charge in [0.05, 0.1) is 36.6 Å². The predicted octanol–water partition coefficient (Wildman–Crippen LogP) is 3.98. The number of rotatable bonds is 8. The number of ether oxygens (including phenoxy) is 1. The topological polar surface area (TPSA) is 89.5 Å². The minimum atomic E-state index is -0.417. The molecule has 1 aliphatic rings. The van der Waals surface area contributed by atoms with E-state index in [2.05, 4.69) is 28.5 Å². The number of likely N-dealkylation sites (N-methyl/N-ethyl adjacent to an activating group) is 1. The van der Waals surface area contributed by atoms with Crippen molar-refractivity contribution in [1.29, 1.82) is 0 Å². The summed E-state index contributed by atoms with van der Waals surface area (Å²) in [5.74, 6) is 1.27. The Morgan fingerprint density at radius 3 is 2.78 bits per heavy atom. The number of aromatic nitrogens is 3. The third kappa shape index (κ3) is 5.05. The van der Waals surface area contributed by atoms with E-state index in [0.29, 0.717) is 23.7 Å². The second-order valence-corrected chi connectivity index (χ2v) is 10.0. The van der Waals surface area contributed by atoms with Crippen molar-refractivity contribution in [3.8, 4) is 17.0 Å². The lowest BCUT2D eigenvalue weighted by Crippen LogP contribution is -2.34. The Bertz CT molecular complexity index is 1460. The lowest BCUT2D eigenvalue weighted by Gasteiger charge is -2.30. The van der Waals surface area contributed by atoms with E-state index in [1.165, 1.54) is 0 Å². The van der Waals surface area contributed by atoms with E-state index in [1.54, 1.807) is 7.11 Å². The molecule has 2 N–H and O–H groups in total. The fraction of sp³-hybridized carbons (Fsp3) is 0.321. The molecule has 1 aliphatic heterocycles. The standard InChI is InChI=1S/C28H31ClN6O2/c1-33(2)12-13-35-24(20-14-18(29)8-9-25(20)37-3)15-31-26(35)17-34-11-10-23-21(16-34)27(28(30)36)19-6-4-5-7-22(19)32-23/h4-9,14-15H,10-13,16-17H2,1-3H3,(H2,30,36). The van der Waals surface area contributed by atoms with Crippen LogP contribution in [0.4, 0.5) is 0 Å². The van der Waals surface area contributed by atoms with Crippen molar-refractivity contribution < 1.29 is 9.53 Å². The van der Waals surface area contributed by atoms with Crippen molar-refractivity contribution in [3.63, 3.8) is 0 Å². The zero-order valence-corrected chi connectivity index (χ0v) is 22.1. The van der Waals surface area contributed by atoms with E-state index >= 15 is 0 Å². The van der Waals surface area contributed by atoms with E-state index in [-0.39, 0.29) is 0 Å². The molecule has 9 heteroatoms. The van der Waals surface area contributed by atoms with Crippen molar-refractivity contribution in [1.82, 2.24) is 24.3 Å². The van der Waals surface area contributed by atoms with Gasteiger partial charge in [0.2, 0.25) is 5.91 Å². The summed E-state index contributed by atoms with van der Waals surface area (Å²) >= 11 is 6.35. The molecule has 0 atom stereocenters. The van der Waals surface area contributed by atoms with Crippen LogP contribution in [0.3, 0.4) is 0 Å². The van der Waals surface area contributed by atoms with Crippen LogP contribution in [0.1, 0.15) is 27.4 Å². The Kier molecular flexibility index (Phi) is 7.15. The molecule has 0 radical (unpaired) electrons. The molecule has 0 saturated heterocycles. The van der Waals surface area contributed by atoms with Crippen LogP contribution in [0.2, 0.25) is 5.02 Å². The number of hydrogen-bond donors (Lipinski definition) is 1. The van der Waals surface area contributed by atoms with Crippen molar-refractivity contribution in [2.24, 2.45) is 5.73 Å². The number of imidazole rings is 1. The van der Waals surface area contributed by atoms with E-state index in [9.17, 15) is 4.79 Å². The van der Waals surface area contributed by atoms with Gasteiger partial charge >= 0.3 is 0 Å². The summed E-state index contributed by atoms with van der Waals surface area (Å²) in [5, 5.41) is 1.45. The molecule has 0 spiro atoms. The van der Waals surface area contributed by atoms with Crippen molar-refractivity contribution in [2.75, 3.05) is 34.3 Å². The van der Waals surface area contributed by atoms with Gasteiger partial charge in [-0.05, 0) is 38.4 Å². The highest BCUT2D eigenvalue weighted by Gasteiger charge is 2.26. The van der Waals surface area contributed by atoms with Crippen LogP contribution in [0.25, 0.3) is 22.2 Å². The number of carbonyl (C=O) groups excluding carboxylic acids is 1. The summed E-state index contributed by atoms with van der Waals surface area (Å²) in [7, 11) is 5.77. The van der Waals surface area contributed by atoms with E-state index in [4.69, 9.17) is 32.0 Å². The molecule has 2 aromatic heterocycles. The summed E-state index contributed by atoms with van der Waals surface area (Å²) in [6.45, 7) is 3.63. The molecule has 1 amide bonds. The molecule has 0 saturated carbocycles. The number of para-hydroxylation sites is 1. The van der Waals surface area contributed by atoms with Gasteiger partial charge in [-0.2, -0.15) is 0 Å². The van der Waals surface area contributed by atoms with Crippen LogP contribution in [0.5, 0.6) is 5.75 Å². The Balaban J connectivity index is 1.50. The highest BCUT2D eigenvalue weighted by Crippen LogP contribution is 2.34. The van der Waals surface area contributed by atoms with Gasteiger partial charge in [-0.3, -0.25) is 14.7 Å². The van der Waals surface area contributed by atoms with Crippen LogP contribution in [0, 0.1) is 0 Å². The number of halogens is 1. The minimum Gasteiger partial charge on any atom is -0.496 e. The molecule has 3 heterocycles. The molecular formula is C28H31ClN6O2. The second kappa shape index (κ2) is 10.5. The van der Waals surface area contributed by atoms with Gasteiger partial charge in [0.15, 0.2) is 0 Å². The maximum Gasteiger partial charge on any atom is 0.249 e. The highest BCUT2D eigenvalue weighted by molar-refractivity contribution is 6.31. The number of carbonyl (C=O) groups is 1. The average molecular weight is 519 g/mol. The molecule has 4 aromatic rings. The number of pyridine rings is 1. The fourth-order valence-electron chi connectivity index (χ4n) is 5.05. The Morgan fingerprint density at radius 2 is 2.03 bits per heavy atom. The first-order chi connectivity index (χ1) is 17.9. The first-order valence-electron chi connectivity index (χ1n) is 12.3. The summed E-state index contributed by atoms with van der Waals surface area (Å²) in [6, 6.07) is 13.3. The first kappa shape index (κ1) is 25.2.